The van der Waals surface area contributed by atoms with Crippen LogP contribution < -0.4 is 5.32 Å². The van der Waals surface area contributed by atoms with Gasteiger partial charge in [-0.2, -0.15) is 5.10 Å². The van der Waals surface area contributed by atoms with Gasteiger partial charge in [0.05, 0.1) is 18.2 Å². The predicted octanol–water partition coefficient (Wildman–Crippen LogP) is 0.306. The Morgan fingerprint density at radius 3 is 2.79 bits per heavy atom. The molecule has 0 unspecified atom stereocenters. The molecule has 0 bridgehead atoms. The molecule has 1 fully saturated rings. The fourth-order valence-corrected chi connectivity index (χ4v) is 2.45. The molecule has 0 aromatic carbocycles. The lowest BCUT2D eigenvalue weighted by atomic mass is 10.1. The summed E-state index contributed by atoms with van der Waals surface area (Å²) in [5.41, 5.74) is 2.71. The van der Waals surface area contributed by atoms with Crippen molar-refractivity contribution in [3.8, 4) is 0 Å². The molecule has 0 aliphatic carbocycles. The number of amides is 2. The van der Waals surface area contributed by atoms with Crippen LogP contribution >= 0.6 is 0 Å². The van der Waals surface area contributed by atoms with E-state index in [4.69, 9.17) is 0 Å². The van der Waals surface area contributed by atoms with Gasteiger partial charge in [0.2, 0.25) is 11.8 Å². The number of aryl methyl sites for hydroxylation is 2. The second kappa shape index (κ2) is 5.42. The number of carbonyl (C=O) groups is 2. The minimum absolute atomic E-state index is 0.0525. The molecule has 6 nitrogen and oxygen atoms in total. The summed E-state index contributed by atoms with van der Waals surface area (Å²) in [7, 11) is 0. The predicted molar refractivity (Wildman–Crippen MR) is 70.6 cm³/mol. The molecule has 0 spiro atoms. The number of nitrogens with one attached hydrogen (secondary N) is 2. The first-order chi connectivity index (χ1) is 9.01. The fraction of sp³-hybridized carbons (Fsp3) is 0.615. The number of carbonyl (C=O) groups excluding carboxylic acids is 2. The molecule has 0 saturated carbocycles. The lowest BCUT2D eigenvalue weighted by molar-refractivity contribution is -0.127. The molecule has 1 aromatic rings. The number of nitrogens with zero attached hydrogens (tertiary/aromatic N) is 2. The summed E-state index contributed by atoms with van der Waals surface area (Å²) in [5.74, 6) is 0.0619. The van der Waals surface area contributed by atoms with Gasteiger partial charge in [-0.1, -0.05) is 0 Å². The fourth-order valence-electron chi connectivity index (χ4n) is 2.45. The zero-order valence-corrected chi connectivity index (χ0v) is 11.6. The second-order valence-electron chi connectivity index (χ2n) is 4.99. The van der Waals surface area contributed by atoms with Gasteiger partial charge in [0.15, 0.2) is 0 Å². The number of rotatable bonds is 4. The lowest BCUT2D eigenvalue weighted by Crippen LogP contribution is -2.38. The standard InChI is InChI=1S/C13H20N4O2/c1-4-17-7-10(5-13(17)19)14-12(18)6-11-8(2)15-16-9(11)3/h10H,4-7H2,1-3H3,(H,14,18)(H,15,16)/t10-/m0/s1. The highest BCUT2D eigenvalue weighted by atomic mass is 16.2. The molecule has 1 aromatic heterocycles. The maximum absolute atomic E-state index is 12.0. The van der Waals surface area contributed by atoms with Crippen LogP contribution in [-0.4, -0.2) is 46.0 Å². The summed E-state index contributed by atoms with van der Waals surface area (Å²) in [4.78, 5) is 25.3. The Morgan fingerprint density at radius 1 is 1.53 bits per heavy atom. The molecule has 2 N–H and O–H groups in total. The van der Waals surface area contributed by atoms with Gasteiger partial charge in [0.1, 0.15) is 0 Å². The van der Waals surface area contributed by atoms with Crippen LogP contribution in [0.2, 0.25) is 0 Å². The first-order valence-electron chi connectivity index (χ1n) is 6.58. The van der Waals surface area contributed by atoms with Gasteiger partial charge in [-0.05, 0) is 20.8 Å². The van der Waals surface area contributed by atoms with E-state index in [9.17, 15) is 9.59 Å². The SMILES string of the molecule is CCN1C[C@@H](NC(=O)Cc2c(C)n[nH]c2C)CC1=O. The van der Waals surface area contributed by atoms with E-state index in [0.717, 1.165) is 17.0 Å². The van der Waals surface area contributed by atoms with Gasteiger partial charge in [-0.15, -0.1) is 0 Å². The maximum atomic E-state index is 12.0. The van der Waals surface area contributed by atoms with E-state index in [0.29, 0.717) is 25.9 Å². The van der Waals surface area contributed by atoms with Gasteiger partial charge in [-0.3, -0.25) is 14.7 Å². The maximum Gasteiger partial charge on any atom is 0.224 e. The van der Waals surface area contributed by atoms with Crippen LogP contribution in [0.4, 0.5) is 0 Å². The van der Waals surface area contributed by atoms with Crippen molar-refractivity contribution < 1.29 is 9.59 Å². The molecule has 1 aliphatic rings. The smallest absolute Gasteiger partial charge is 0.224 e. The Bertz CT molecular complexity index is 475. The quantitative estimate of drug-likeness (QED) is 0.821. The number of likely N-dealkylation sites (tertiary alicyclic amines) is 1. The molecule has 2 amide bonds. The molecule has 0 radical (unpaired) electrons. The Balaban J connectivity index is 1.91. The first kappa shape index (κ1) is 13.6. The third-order valence-electron chi connectivity index (χ3n) is 3.58. The third-order valence-corrected chi connectivity index (χ3v) is 3.58. The molecule has 1 saturated heterocycles. The van der Waals surface area contributed by atoms with E-state index in [1.807, 2.05) is 20.8 Å². The van der Waals surface area contributed by atoms with E-state index in [1.165, 1.54) is 0 Å². The van der Waals surface area contributed by atoms with Gasteiger partial charge in [0.25, 0.3) is 0 Å². The van der Waals surface area contributed by atoms with Crippen molar-refractivity contribution >= 4 is 11.8 Å². The molecule has 19 heavy (non-hydrogen) atoms. The minimum Gasteiger partial charge on any atom is -0.351 e. The number of aromatic nitrogens is 2. The average molecular weight is 264 g/mol. The molecule has 1 aliphatic heterocycles. The van der Waals surface area contributed by atoms with Crippen molar-refractivity contribution in [1.82, 2.24) is 20.4 Å². The van der Waals surface area contributed by atoms with Gasteiger partial charge in [0, 0.05) is 30.8 Å². The molecular weight excluding hydrogens is 244 g/mol. The van der Waals surface area contributed by atoms with E-state index in [2.05, 4.69) is 15.5 Å². The first-order valence-corrected chi connectivity index (χ1v) is 6.58. The monoisotopic (exact) mass is 264 g/mol. The largest absolute Gasteiger partial charge is 0.351 e. The molecule has 1 atom stereocenters. The Kier molecular flexibility index (Phi) is 3.87. The number of hydrogen-bond acceptors (Lipinski definition) is 3. The van der Waals surface area contributed by atoms with Crippen LogP contribution in [-0.2, 0) is 16.0 Å². The zero-order chi connectivity index (χ0) is 14.0. The molecule has 6 heteroatoms. The lowest BCUT2D eigenvalue weighted by Gasteiger charge is -2.14. The minimum atomic E-state index is -0.0625. The van der Waals surface area contributed by atoms with Crippen LogP contribution in [0.25, 0.3) is 0 Å². The van der Waals surface area contributed by atoms with Crippen molar-refractivity contribution in [3.63, 3.8) is 0 Å². The van der Waals surface area contributed by atoms with Gasteiger partial charge in [-0.25, -0.2) is 0 Å². The number of aromatic amines is 1. The van der Waals surface area contributed by atoms with Crippen molar-refractivity contribution in [1.29, 1.82) is 0 Å². The topological polar surface area (TPSA) is 78.1 Å². The van der Waals surface area contributed by atoms with Crippen LogP contribution in [0.15, 0.2) is 0 Å². The average Bonchev–Trinajstić information content (AvgIpc) is 2.86. The van der Waals surface area contributed by atoms with Crippen molar-refractivity contribution in [2.24, 2.45) is 0 Å². The van der Waals surface area contributed by atoms with Crippen LogP contribution in [0.1, 0.15) is 30.3 Å². The molecule has 104 valence electrons. The van der Waals surface area contributed by atoms with Crippen molar-refractivity contribution in [2.45, 2.75) is 39.7 Å². The zero-order valence-electron chi connectivity index (χ0n) is 11.6. The third kappa shape index (κ3) is 2.94. The molecule has 2 rings (SSSR count). The summed E-state index contributed by atoms with van der Waals surface area (Å²) in [6, 6.07) is -0.0625. The van der Waals surface area contributed by atoms with E-state index in [1.54, 1.807) is 4.90 Å². The number of likely N-dealkylation sites (N-methyl/N-ethyl adjacent to an activating group) is 1. The van der Waals surface area contributed by atoms with Crippen LogP contribution in [0, 0.1) is 13.8 Å². The number of H-pyrrole nitrogens is 1. The van der Waals surface area contributed by atoms with Gasteiger partial charge >= 0.3 is 0 Å². The van der Waals surface area contributed by atoms with E-state index < -0.39 is 0 Å². The highest BCUT2D eigenvalue weighted by molar-refractivity contribution is 5.83. The van der Waals surface area contributed by atoms with E-state index in [-0.39, 0.29) is 17.9 Å². The van der Waals surface area contributed by atoms with Crippen molar-refractivity contribution in [3.05, 3.63) is 17.0 Å². The van der Waals surface area contributed by atoms with Gasteiger partial charge < -0.3 is 10.2 Å². The molecule has 2 heterocycles. The Labute approximate surface area is 112 Å². The van der Waals surface area contributed by atoms with Crippen LogP contribution in [0.3, 0.4) is 0 Å². The summed E-state index contributed by atoms with van der Waals surface area (Å²) < 4.78 is 0. The highest BCUT2D eigenvalue weighted by Gasteiger charge is 2.29. The van der Waals surface area contributed by atoms with Crippen LogP contribution in [0.5, 0.6) is 0 Å². The second-order valence-corrected chi connectivity index (χ2v) is 4.99. The Morgan fingerprint density at radius 2 is 2.26 bits per heavy atom. The summed E-state index contributed by atoms with van der Waals surface area (Å²) in [5, 5.41) is 9.86. The molecular formula is C13H20N4O2. The van der Waals surface area contributed by atoms with E-state index >= 15 is 0 Å². The summed E-state index contributed by atoms with van der Waals surface area (Å²) in [6.07, 6.45) is 0.716. The highest BCUT2D eigenvalue weighted by Crippen LogP contribution is 2.13. The Hall–Kier alpha value is -1.85. The van der Waals surface area contributed by atoms with Crippen molar-refractivity contribution in [2.75, 3.05) is 13.1 Å². The summed E-state index contributed by atoms with van der Waals surface area (Å²) in [6.45, 7) is 7.04. The normalized spacial score (nSPS) is 19.0. The summed E-state index contributed by atoms with van der Waals surface area (Å²) >= 11 is 0. The number of hydrogen-bond donors (Lipinski definition) is 2.